The van der Waals surface area contributed by atoms with Gasteiger partial charge < -0.3 is 5.32 Å². The van der Waals surface area contributed by atoms with Gasteiger partial charge in [-0.15, -0.1) is 0 Å². The largest absolute Gasteiger partial charge is 0.310 e. The predicted octanol–water partition coefficient (Wildman–Crippen LogP) is 2.89. The second-order valence-corrected chi connectivity index (χ2v) is 3.20. The van der Waals surface area contributed by atoms with Gasteiger partial charge in [-0.05, 0) is 26.0 Å². The molecule has 0 saturated carbocycles. The molecule has 2 heteroatoms. The first-order chi connectivity index (χ1) is 6.25. The van der Waals surface area contributed by atoms with Crippen LogP contribution < -0.4 is 5.32 Å². The van der Waals surface area contributed by atoms with Crippen molar-refractivity contribution in [3.8, 4) is 0 Å². The monoisotopic (exact) mass is 181 g/mol. The summed E-state index contributed by atoms with van der Waals surface area (Å²) in [6.45, 7) is 5.00. The lowest BCUT2D eigenvalue weighted by Crippen LogP contribution is -2.20. The van der Waals surface area contributed by atoms with Crippen LogP contribution in [-0.4, -0.2) is 6.54 Å². The van der Waals surface area contributed by atoms with Crippen LogP contribution in [0.3, 0.4) is 0 Å². The number of hydrogen-bond donors (Lipinski definition) is 1. The standard InChI is InChI=1S/C11H16FN/c1-3-8-13-9(2)10-6-4-5-7-11(10)12/h4-7,9,13H,3,8H2,1-2H3/t9-/m0/s1. The summed E-state index contributed by atoms with van der Waals surface area (Å²) in [6, 6.07) is 7.00. The van der Waals surface area contributed by atoms with Crippen LogP contribution in [0.4, 0.5) is 4.39 Å². The first-order valence-electron chi connectivity index (χ1n) is 4.73. The first-order valence-corrected chi connectivity index (χ1v) is 4.73. The lowest BCUT2D eigenvalue weighted by molar-refractivity contribution is 0.527. The van der Waals surface area contributed by atoms with Gasteiger partial charge in [0, 0.05) is 11.6 Å². The molecule has 1 atom stereocenters. The molecule has 13 heavy (non-hydrogen) atoms. The van der Waals surface area contributed by atoms with Crippen molar-refractivity contribution in [1.82, 2.24) is 5.32 Å². The van der Waals surface area contributed by atoms with Crippen molar-refractivity contribution in [3.05, 3.63) is 35.6 Å². The summed E-state index contributed by atoms with van der Waals surface area (Å²) in [6.07, 6.45) is 1.07. The molecular weight excluding hydrogens is 165 g/mol. The molecule has 1 aromatic carbocycles. The van der Waals surface area contributed by atoms with Gasteiger partial charge in [0.2, 0.25) is 0 Å². The molecule has 0 heterocycles. The lowest BCUT2D eigenvalue weighted by atomic mass is 10.1. The molecule has 0 radical (unpaired) electrons. The molecule has 0 aliphatic carbocycles. The van der Waals surface area contributed by atoms with Crippen molar-refractivity contribution in [2.45, 2.75) is 26.3 Å². The number of hydrogen-bond acceptors (Lipinski definition) is 1. The van der Waals surface area contributed by atoms with Crippen LogP contribution in [0.25, 0.3) is 0 Å². The van der Waals surface area contributed by atoms with Crippen molar-refractivity contribution < 1.29 is 4.39 Å². The summed E-state index contributed by atoms with van der Waals surface area (Å²) < 4.78 is 13.2. The van der Waals surface area contributed by atoms with Crippen LogP contribution in [0.15, 0.2) is 24.3 Å². The van der Waals surface area contributed by atoms with Crippen molar-refractivity contribution in [2.75, 3.05) is 6.54 Å². The van der Waals surface area contributed by atoms with Gasteiger partial charge in [-0.3, -0.25) is 0 Å². The van der Waals surface area contributed by atoms with Crippen LogP contribution in [0.2, 0.25) is 0 Å². The fraction of sp³-hybridized carbons (Fsp3) is 0.455. The van der Waals surface area contributed by atoms with Gasteiger partial charge in [-0.1, -0.05) is 25.1 Å². The second-order valence-electron chi connectivity index (χ2n) is 3.20. The minimum Gasteiger partial charge on any atom is -0.310 e. The van der Waals surface area contributed by atoms with E-state index in [0.29, 0.717) is 0 Å². The van der Waals surface area contributed by atoms with E-state index < -0.39 is 0 Å². The van der Waals surface area contributed by atoms with Crippen LogP contribution in [-0.2, 0) is 0 Å². The fourth-order valence-electron chi connectivity index (χ4n) is 1.30. The third kappa shape index (κ3) is 2.81. The summed E-state index contributed by atoms with van der Waals surface area (Å²) in [5, 5.41) is 3.25. The fourth-order valence-corrected chi connectivity index (χ4v) is 1.30. The van der Waals surface area contributed by atoms with Crippen molar-refractivity contribution in [2.24, 2.45) is 0 Å². The molecule has 0 saturated heterocycles. The van der Waals surface area contributed by atoms with E-state index in [9.17, 15) is 4.39 Å². The summed E-state index contributed by atoms with van der Waals surface area (Å²) in [5.74, 6) is -0.126. The van der Waals surface area contributed by atoms with Gasteiger partial charge in [0.05, 0.1) is 0 Å². The van der Waals surface area contributed by atoms with E-state index in [1.54, 1.807) is 6.07 Å². The lowest BCUT2D eigenvalue weighted by Gasteiger charge is -2.13. The summed E-state index contributed by atoms with van der Waals surface area (Å²) in [5.41, 5.74) is 0.746. The molecule has 0 aromatic heterocycles. The van der Waals surface area contributed by atoms with Crippen molar-refractivity contribution in [3.63, 3.8) is 0 Å². The highest BCUT2D eigenvalue weighted by Gasteiger charge is 2.07. The molecule has 0 spiro atoms. The third-order valence-corrected chi connectivity index (χ3v) is 2.07. The molecule has 1 aromatic rings. The summed E-state index contributed by atoms with van der Waals surface area (Å²) >= 11 is 0. The SMILES string of the molecule is CCCN[C@@H](C)c1ccccc1F. The van der Waals surface area contributed by atoms with Crippen LogP contribution >= 0.6 is 0 Å². The minimum atomic E-state index is -0.126. The van der Waals surface area contributed by atoms with E-state index in [2.05, 4.69) is 12.2 Å². The molecule has 0 amide bonds. The Morgan fingerprint density at radius 3 is 2.69 bits per heavy atom. The molecule has 0 fully saturated rings. The Kier molecular flexibility index (Phi) is 3.90. The molecule has 1 N–H and O–H groups in total. The van der Waals surface area contributed by atoms with E-state index in [1.807, 2.05) is 19.1 Å². The Bertz CT molecular complexity index is 260. The zero-order chi connectivity index (χ0) is 9.68. The zero-order valence-electron chi connectivity index (χ0n) is 8.18. The summed E-state index contributed by atoms with van der Waals surface area (Å²) in [7, 11) is 0. The maximum absolute atomic E-state index is 13.2. The highest BCUT2D eigenvalue weighted by molar-refractivity contribution is 5.20. The maximum atomic E-state index is 13.2. The van der Waals surface area contributed by atoms with Gasteiger partial charge in [0.15, 0.2) is 0 Å². The van der Waals surface area contributed by atoms with E-state index in [4.69, 9.17) is 0 Å². The quantitative estimate of drug-likeness (QED) is 0.753. The maximum Gasteiger partial charge on any atom is 0.127 e. The summed E-state index contributed by atoms with van der Waals surface area (Å²) in [4.78, 5) is 0. The predicted molar refractivity (Wildman–Crippen MR) is 53.1 cm³/mol. The first kappa shape index (κ1) is 10.2. The average molecular weight is 181 g/mol. The van der Waals surface area contributed by atoms with Gasteiger partial charge >= 0.3 is 0 Å². The highest BCUT2D eigenvalue weighted by atomic mass is 19.1. The molecule has 72 valence electrons. The van der Waals surface area contributed by atoms with Gasteiger partial charge in [-0.25, -0.2) is 4.39 Å². The Hall–Kier alpha value is -0.890. The topological polar surface area (TPSA) is 12.0 Å². The molecule has 0 aliphatic rings. The molecule has 1 nitrogen and oxygen atoms in total. The molecule has 0 unspecified atom stereocenters. The Morgan fingerprint density at radius 2 is 2.08 bits per heavy atom. The second kappa shape index (κ2) is 4.97. The van der Waals surface area contributed by atoms with Crippen LogP contribution in [0, 0.1) is 5.82 Å². The Labute approximate surface area is 79.0 Å². The number of rotatable bonds is 4. The van der Waals surface area contributed by atoms with Crippen molar-refractivity contribution >= 4 is 0 Å². The number of halogens is 1. The van der Waals surface area contributed by atoms with Gasteiger partial charge in [0.1, 0.15) is 5.82 Å². The average Bonchev–Trinajstić information content (AvgIpc) is 2.15. The zero-order valence-corrected chi connectivity index (χ0v) is 8.18. The van der Waals surface area contributed by atoms with Crippen LogP contribution in [0.5, 0.6) is 0 Å². The minimum absolute atomic E-state index is 0.0983. The van der Waals surface area contributed by atoms with Crippen molar-refractivity contribution in [1.29, 1.82) is 0 Å². The molecule has 0 bridgehead atoms. The Balaban J connectivity index is 2.65. The van der Waals surface area contributed by atoms with Gasteiger partial charge in [-0.2, -0.15) is 0 Å². The molecular formula is C11H16FN. The molecule has 0 aliphatic heterocycles. The third-order valence-electron chi connectivity index (χ3n) is 2.07. The van der Waals surface area contributed by atoms with Gasteiger partial charge in [0.25, 0.3) is 0 Å². The molecule has 1 rings (SSSR count). The van der Waals surface area contributed by atoms with E-state index >= 15 is 0 Å². The normalized spacial score (nSPS) is 12.8. The Morgan fingerprint density at radius 1 is 1.38 bits per heavy atom. The smallest absolute Gasteiger partial charge is 0.127 e. The number of nitrogens with one attached hydrogen (secondary N) is 1. The van der Waals surface area contributed by atoms with Crippen LogP contribution in [0.1, 0.15) is 31.9 Å². The van der Waals surface area contributed by atoms with E-state index in [1.165, 1.54) is 6.07 Å². The van der Waals surface area contributed by atoms with E-state index in [-0.39, 0.29) is 11.9 Å². The number of benzene rings is 1. The van der Waals surface area contributed by atoms with E-state index in [0.717, 1.165) is 18.5 Å². The highest BCUT2D eigenvalue weighted by Crippen LogP contribution is 2.15.